The molecule has 0 saturated heterocycles. The molecule has 0 bridgehead atoms. The zero-order valence-corrected chi connectivity index (χ0v) is 8.42. The zero-order valence-electron chi connectivity index (χ0n) is 8.42. The maximum atomic E-state index is 10.8. The number of rotatable bonds is 3. The minimum atomic E-state index is -0.445. The average Bonchev–Trinajstić information content (AvgIpc) is 2.35. The molecule has 2 aromatic rings. The highest BCUT2D eigenvalue weighted by molar-refractivity contribution is 6.57. The van der Waals surface area contributed by atoms with Crippen molar-refractivity contribution in [2.45, 2.75) is 6.32 Å². The number of hydrogen-bond donors (Lipinski definition) is 2. The van der Waals surface area contributed by atoms with E-state index in [1.165, 1.54) is 0 Å². The second-order valence-electron chi connectivity index (χ2n) is 3.25. The van der Waals surface area contributed by atoms with Gasteiger partial charge in [-0.15, -0.1) is 0 Å². The first-order valence-electron chi connectivity index (χ1n) is 4.76. The molecule has 16 heavy (non-hydrogen) atoms. The number of carbonyl (C=O) groups is 1. The lowest BCUT2D eigenvalue weighted by molar-refractivity contribution is -0.126. The minimum absolute atomic E-state index is 0.127. The molecule has 0 atom stereocenters. The summed E-state index contributed by atoms with van der Waals surface area (Å²) in [5.41, 5.74) is 4.04. The zero-order chi connectivity index (χ0) is 11.4. The fraction of sp³-hybridized carbons (Fsp3) is 0.100. The van der Waals surface area contributed by atoms with E-state index < -0.39 is 5.91 Å². The van der Waals surface area contributed by atoms with Crippen LogP contribution in [0.1, 0.15) is 0 Å². The summed E-state index contributed by atoms with van der Waals surface area (Å²) in [6.07, 6.45) is 3.37. The molecule has 0 fully saturated rings. The third-order valence-corrected chi connectivity index (χ3v) is 2.14. The second-order valence-corrected chi connectivity index (χ2v) is 3.25. The van der Waals surface area contributed by atoms with Crippen LogP contribution in [0.15, 0.2) is 30.6 Å². The fourth-order valence-electron chi connectivity index (χ4n) is 1.36. The molecule has 0 aliphatic heterocycles. The predicted molar refractivity (Wildman–Crippen MR) is 59.7 cm³/mol. The SMILES string of the molecule is O=C(C[B]c1ccc2nccnc2c1)NO. The Morgan fingerprint density at radius 2 is 2.06 bits per heavy atom. The molecule has 2 rings (SSSR count). The molecule has 1 amide bonds. The lowest BCUT2D eigenvalue weighted by atomic mass is 9.67. The number of hydrogen-bond acceptors (Lipinski definition) is 4. The number of carbonyl (C=O) groups excluding carboxylic acids is 1. The van der Waals surface area contributed by atoms with E-state index >= 15 is 0 Å². The monoisotopic (exact) mass is 214 g/mol. The van der Waals surface area contributed by atoms with E-state index in [4.69, 9.17) is 5.21 Å². The Labute approximate surface area is 92.7 Å². The van der Waals surface area contributed by atoms with E-state index in [0.717, 1.165) is 16.5 Å². The molecular weight excluding hydrogens is 205 g/mol. The van der Waals surface area contributed by atoms with Crippen molar-refractivity contribution in [3.63, 3.8) is 0 Å². The second kappa shape index (κ2) is 4.72. The Hall–Kier alpha value is -1.95. The van der Waals surface area contributed by atoms with Crippen molar-refractivity contribution >= 4 is 29.7 Å². The molecule has 5 nitrogen and oxygen atoms in total. The fourth-order valence-corrected chi connectivity index (χ4v) is 1.36. The van der Waals surface area contributed by atoms with Crippen LogP contribution in [0, 0.1) is 0 Å². The normalized spacial score (nSPS) is 10.1. The Bertz CT molecular complexity index is 518. The molecule has 1 aromatic carbocycles. The van der Waals surface area contributed by atoms with E-state index in [-0.39, 0.29) is 6.32 Å². The van der Waals surface area contributed by atoms with Crippen LogP contribution in [-0.2, 0) is 4.79 Å². The summed E-state index contributed by atoms with van der Waals surface area (Å²) >= 11 is 0. The van der Waals surface area contributed by atoms with Gasteiger partial charge in [0, 0.05) is 18.7 Å². The molecule has 1 radical (unpaired) electrons. The van der Waals surface area contributed by atoms with Crippen LogP contribution in [0.25, 0.3) is 11.0 Å². The largest absolute Gasteiger partial charge is 0.289 e. The highest BCUT2D eigenvalue weighted by Crippen LogP contribution is 2.04. The smallest absolute Gasteiger partial charge is 0.235 e. The highest BCUT2D eigenvalue weighted by Gasteiger charge is 2.03. The average molecular weight is 214 g/mol. The van der Waals surface area contributed by atoms with E-state index in [0.29, 0.717) is 0 Å². The summed E-state index contributed by atoms with van der Waals surface area (Å²) in [5, 5.41) is 8.34. The molecule has 1 aromatic heterocycles. The third kappa shape index (κ3) is 2.35. The summed E-state index contributed by atoms with van der Waals surface area (Å²) in [7, 11) is 1.71. The summed E-state index contributed by atoms with van der Waals surface area (Å²) in [6, 6.07) is 5.53. The number of fused-ring (bicyclic) bond motifs is 1. The Balaban J connectivity index is 2.16. The van der Waals surface area contributed by atoms with E-state index in [1.54, 1.807) is 25.2 Å². The minimum Gasteiger partial charge on any atom is -0.289 e. The van der Waals surface area contributed by atoms with Gasteiger partial charge in [-0.3, -0.25) is 20.0 Å². The van der Waals surface area contributed by atoms with Crippen LogP contribution in [0.2, 0.25) is 6.32 Å². The number of amides is 1. The van der Waals surface area contributed by atoms with Crippen molar-refractivity contribution in [1.29, 1.82) is 0 Å². The van der Waals surface area contributed by atoms with Gasteiger partial charge in [0.2, 0.25) is 5.91 Å². The van der Waals surface area contributed by atoms with E-state index in [2.05, 4.69) is 9.97 Å². The van der Waals surface area contributed by atoms with Gasteiger partial charge in [-0.25, -0.2) is 5.48 Å². The highest BCUT2D eigenvalue weighted by atomic mass is 16.5. The van der Waals surface area contributed by atoms with Crippen LogP contribution in [-0.4, -0.2) is 28.4 Å². The molecule has 6 heteroatoms. The molecule has 0 aliphatic rings. The lowest BCUT2D eigenvalue weighted by Gasteiger charge is -2.00. The van der Waals surface area contributed by atoms with Gasteiger partial charge in [-0.1, -0.05) is 11.5 Å². The molecule has 2 N–H and O–H groups in total. The van der Waals surface area contributed by atoms with Crippen LogP contribution >= 0.6 is 0 Å². The van der Waals surface area contributed by atoms with Crippen LogP contribution in [0.5, 0.6) is 0 Å². The van der Waals surface area contributed by atoms with Crippen molar-refractivity contribution < 1.29 is 10.0 Å². The van der Waals surface area contributed by atoms with Crippen molar-refractivity contribution in [3.05, 3.63) is 30.6 Å². The number of aromatic nitrogens is 2. The van der Waals surface area contributed by atoms with Gasteiger partial charge >= 0.3 is 0 Å². The standard InChI is InChI=1S/C10H9BN3O2/c15-10(14-16)6-11-7-1-2-8-9(5-7)13-4-3-12-8/h1-5,16H,6H2,(H,14,15). The summed E-state index contributed by atoms with van der Waals surface area (Å²) in [4.78, 5) is 19.1. The van der Waals surface area contributed by atoms with Crippen molar-refractivity contribution in [3.8, 4) is 0 Å². The topological polar surface area (TPSA) is 75.1 Å². The van der Waals surface area contributed by atoms with Crippen LogP contribution in [0.3, 0.4) is 0 Å². The van der Waals surface area contributed by atoms with Crippen molar-refractivity contribution in [2.75, 3.05) is 0 Å². The Kier molecular flexibility index (Phi) is 3.12. The van der Waals surface area contributed by atoms with Gasteiger partial charge in [-0.05, 0) is 12.1 Å². The van der Waals surface area contributed by atoms with Crippen molar-refractivity contribution in [1.82, 2.24) is 15.4 Å². The maximum Gasteiger partial charge on any atom is 0.235 e. The number of nitrogens with one attached hydrogen (secondary N) is 1. The van der Waals surface area contributed by atoms with E-state index in [9.17, 15) is 4.79 Å². The summed E-state index contributed by atoms with van der Waals surface area (Å²) < 4.78 is 0. The van der Waals surface area contributed by atoms with Crippen molar-refractivity contribution in [2.24, 2.45) is 0 Å². The van der Waals surface area contributed by atoms with Gasteiger partial charge in [-0.2, -0.15) is 0 Å². The quantitative estimate of drug-likeness (QED) is 0.424. The Morgan fingerprint density at radius 1 is 1.31 bits per heavy atom. The molecule has 0 unspecified atom stereocenters. The van der Waals surface area contributed by atoms with Gasteiger partial charge in [0.25, 0.3) is 0 Å². The number of benzene rings is 1. The first-order chi connectivity index (χ1) is 7.79. The number of nitrogens with zero attached hydrogens (tertiary/aromatic N) is 2. The van der Waals surface area contributed by atoms with Gasteiger partial charge < -0.3 is 0 Å². The van der Waals surface area contributed by atoms with Gasteiger partial charge in [0.15, 0.2) is 7.28 Å². The molecule has 1 heterocycles. The van der Waals surface area contributed by atoms with Gasteiger partial charge in [0.1, 0.15) is 0 Å². The predicted octanol–water partition coefficient (Wildman–Crippen LogP) is -0.117. The van der Waals surface area contributed by atoms with Crippen LogP contribution < -0.4 is 10.9 Å². The summed E-state index contributed by atoms with van der Waals surface area (Å²) in [5.74, 6) is -0.445. The number of hydroxylamine groups is 1. The first-order valence-corrected chi connectivity index (χ1v) is 4.76. The first kappa shape index (κ1) is 10.6. The molecule has 0 spiro atoms. The molecule has 0 aliphatic carbocycles. The third-order valence-electron chi connectivity index (χ3n) is 2.14. The van der Waals surface area contributed by atoms with E-state index in [1.807, 2.05) is 18.2 Å². The summed E-state index contributed by atoms with van der Waals surface area (Å²) in [6.45, 7) is 0. The molecular formula is C10H9BN3O2. The lowest BCUT2D eigenvalue weighted by Crippen LogP contribution is -2.24. The Morgan fingerprint density at radius 3 is 2.81 bits per heavy atom. The molecule has 79 valence electrons. The van der Waals surface area contributed by atoms with Crippen LogP contribution in [0.4, 0.5) is 0 Å². The molecule has 0 saturated carbocycles. The van der Waals surface area contributed by atoms with Gasteiger partial charge in [0.05, 0.1) is 11.0 Å². The maximum absolute atomic E-state index is 10.8.